The molecule has 8 nitrogen and oxygen atoms in total. The van der Waals surface area contributed by atoms with Crippen LogP contribution in [0.5, 0.6) is 11.5 Å². The lowest BCUT2D eigenvalue weighted by Gasteiger charge is -2.31. The van der Waals surface area contributed by atoms with Gasteiger partial charge >= 0.3 is 5.69 Å². The van der Waals surface area contributed by atoms with E-state index < -0.39 is 4.92 Å². The summed E-state index contributed by atoms with van der Waals surface area (Å²) in [6.45, 7) is 2.13. The van der Waals surface area contributed by atoms with Crippen LogP contribution in [0.3, 0.4) is 0 Å². The Morgan fingerprint density at radius 1 is 1.10 bits per heavy atom. The van der Waals surface area contributed by atoms with Gasteiger partial charge in [-0.15, -0.1) is 0 Å². The molecule has 2 aromatic carbocycles. The lowest BCUT2D eigenvalue weighted by molar-refractivity contribution is -0.385. The highest BCUT2D eigenvalue weighted by molar-refractivity contribution is 5.77. The minimum absolute atomic E-state index is 0.0408. The van der Waals surface area contributed by atoms with Crippen LogP contribution in [-0.2, 0) is 4.79 Å². The average molecular weight is 428 g/mol. The molecule has 1 fully saturated rings. The van der Waals surface area contributed by atoms with Gasteiger partial charge in [0, 0.05) is 12.6 Å². The molecule has 1 heterocycles. The number of carbonyl (C=O) groups is 1. The molecular weight excluding hydrogens is 398 g/mol. The average Bonchev–Trinajstić information content (AvgIpc) is 3.08. The van der Waals surface area contributed by atoms with Gasteiger partial charge in [-0.1, -0.05) is 37.1 Å². The van der Waals surface area contributed by atoms with Gasteiger partial charge in [-0.2, -0.15) is 0 Å². The van der Waals surface area contributed by atoms with E-state index in [1.54, 1.807) is 19.2 Å². The molecule has 0 saturated carbocycles. The van der Waals surface area contributed by atoms with Gasteiger partial charge < -0.3 is 14.8 Å². The number of methoxy groups -OCH3 is 1. The van der Waals surface area contributed by atoms with Crippen LogP contribution in [0.2, 0.25) is 0 Å². The van der Waals surface area contributed by atoms with E-state index >= 15 is 0 Å². The number of carbonyl (C=O) groups excluding carboxylic acids is 1. The number of hydrogen-bond donors (Lipinski definition) is 1. The zero-order valence-corrected chi connectivity index (χ0v) is 17.8. The van der Waals surface area contributed by atoms with E-state index in [1.165, 1.54) is 25.0 Å². The first-order valence-corrected chi connectivity index (χ1v) is 10.6. The number of likely N-dealkylation sites (tertiary alicyclic amines) is 1. The van der Waals surface area contributed by atoms with Crippen molar-refractivity contribution in [2.75, 3.05) is 33.4 Å². The standard InChI is InChI=1S/C23H29N3O5/c1-30-19-12-10-18(11-13-19)21(25-14-6-2-3-7-15-25)16-24-23(27)17-31-22-9-5-4-8-20(22)26(28)29/h4-5,8-13,21H,2-3,6-7,14-17H2,1H3,(H,24,27). The minimum Gasteiger partial charge on any atom is -0.497 e. The summed E-state index contributed by atoms with van der Waals surface area (Å²) >= 11 is 0. The number of nitrogens with one attached hydrogen (secondary N) is 1. The number of nitrogens with zero attached hydrogens (tertiary/aromatic N) is 2. The molecule has 1 N–H and O–H groups in total. The summed E-state index contributed by atoms with van der Waals surface area (Å²) in [6.07, 6.45) is 4.73. The molecule has 0 spiro atoms. The van der Waals surface area contributed by atoms with Gasteiger partial charge in [-0.05, 0) is 49.7 Å². The summed E-state index contributed by atoms with van der Waals surface area (Å²) in [6, 6.07) is 14.0. The van der Waals surface area contributed by atoms with E-state index in [1.807, 2.05) is 24.3 Å². The number of amides is 1. The second kappa shape index (κ2) is 11.3. The van der Waals surface area contributed by atoms with Crippen LogP contribution in [-0.4, -0.2) is 49.1 Å². The van der Waals surface area contributed by atoms with Crippen LogP contribution in [0.15, 0.2) is 48.5 Å². The van der Waals surface area contributed by atoms with Crippen molar-refractivity contribution < 1.29 is 19.2 Å². The molecule has 3 rings (SSSR count). The molecule has 0 aliphatic carbocycles. The van der Waals surface area contributed by atoms with E-state index in [-0.39, 0.29) is 30.0 Å². The summed E-state index contributed by atoms with van der Waals surface area (Å²) in [5, 5.41) is 14.0. The number of para-hydroxylation sites is 2. The zero-order chi connectivity index (χ0) is 22.1. The quantitative estimate of drug-likeness (QED) is 0.484. The number of ether oxygens (including phenoxy) is 2. The van der Waals surface area contributed by atoms with Crippen molar-refractivity contribution in [3.8, 4) is 11.5 Å². The fraction of sp³-hybridized carbons (Fsp3) is 0.435. The van der Waals surface area contributed by atoms with Crippen molar-refractivity contribution in [3.05, 3.63) is 64.2 Å². The minimum atomic E-state index is -0.522. The second-order valence-electron chi connectivity index (χ2n) is 7.56. The zero-order valence-electron chi connectivity index (χ0n) is 17.8. The van der Waals surface area contributed by atoms with Crippen LogP contribution in [0, 0.1) is 10.1 Å². The Morgan fingerprint density at radius 2 is 1.77 bits per heavy atom. The molecule has 0 radical (unpaired) electrons. The van der Waals surface area contributed by atoms with Crippen LogP contribution >= 0.6 is 0 Å². The van der Waals surface area contributed by atoms with Crippen molar-refractivity contribution in [3.63, 3.8) is 0 Å². The maximum atomic E-state index is 12.4. The SMILES string of the molecule is COc1ccc(C(CNC(=O)COc2ccccc2[N+](=O)[O-])N2CCCCCC2)cc1. The van der Waals surface area contributed by atoms with Crippen LogP contribution in [0.4, 0.5) is 5.69 Å². The third-order valence-corrected chi connectivity index (χ3v) is 5.50. The first kappa shape index (κ1) is 22.6. The van der Waals surface area contributed by atoms with E-state index in [0.717, 1.165) is 37.2 Å². The molecule has 1 amide bonds. The molecule has 31 heavy (non-hydrogen) atoms. The smallest absolute Gasteiger partial charge is 0.310 e. The van der Waals surface area contributed by atoms with Crippen LogP contribution in [0.1, 0.15) is 37.3 Å². The summed E-state index contributed by atoms with van der Waals surface area (Å²) in [4.78, 5) is 25.4. The van der Waals surface area contributed by atoms with Gasteiger partial charge in [-0.3, -0.25) is 19.8 Å². The van der Waals surface area contributed by atoms with E-state index in [9.17, 15) is 14.9 Å². The third-order valence-electron chi connectivity index (χ3n) is 5.50. The number of benzene rings is 2. The Labute approximate surface area is 182 Å². The fourth-order valence-electron chi connectivity index (χ4n) is 3.83. The molecule has 8 heteroatoms. The van der Waals surface area contributed by atoms with Gasteiger partial charge in [0.15, 0.2) is 12.4 Å². The largest absolute Gasteiger partial charge is 0.497 e. The Morgan fingerprint density at radius 3 is 2.42 bits per heavy atom. The van der Waals surface area contributed by atoms with Crippen molar-refractivity contribution in [1.82, 2.24) is 10.2 Å². The van der Waals surface area contributed by atoms with Gasteiger partial charge in [-0.25, -0.2) is 0 Å². The fourth-order valence-corrected chi connectivity index (χ4v) is 3.83. The van der Waals surface area contributed by atoms with Gasteiger partial charge in [0.05, 0.1) is 18.1 Å². The highest BCUT2D eigenvalue weighted by Crippen LogP contribution is 2.27. The topological polar surface area (TPSA) is 93.9 Å². The van der Waals surface area contributed by atoms with Gasteiger partial charge in [0.2, 0.25) is 0 Å². The number of rotatable bonds is 9. The number of hydrogen-bond acceptors (Lipinski definition) is 6. The van der Waals surface area contributed by atoms with Crippen molar-refractivity contribution >= 4 is 11.6 Å². The Kier molecular flexibility index (Phi) is 8.23. The molecule has 166 valence electrons. The first-order valence-electron chi connectivity index (χ1n) is 10.6. The monoisotopic (exact) mass is 427 g/mol. The van der Waals surface area contributed by atoms with Crippen LogP contribution < -0.4 is 14.8 Å². The molecule has 2 aromatic rings. The lowest BCUT2D eigenvalue weighted by atomic mass is 10.0. The van der Waals surface area contributed by atoms with Gasteiger partial charge in [0.25, 0.3) is 5.91 Å². The Balaban J connectivity index is 1.63. The number of nitro benzene ring substituents is 1. The summed E-state index contributed by atoms with van der Waals surface area (Å²) in [7, 11) is 1.64. The lowest BCUT2D eigenvalue weighted by Crippen LogP contribution is -2.40. The summed E-state index contributed by atoms with van der Waals surface area (Å²) in [5.41, 5.74) is 0.957. The van der Waals surface area contributed by atoms with Gasteiger partial charge in [0.1, 0.15) is 5.75 Å². The van der Waals surface area contributed by atoms with Crippen molar-refractivity contribution in [2.45, 2.75) is 31.7 Å². The molecule has 1 atom stereocenters. The van der Waals surface area contributed by atoms with Crippen molar-refractivity contribution in [2.24, 2.45) is 0 Å². The molecule has 0 bridgehead atoms. The first-order chi connectivity index (χ1) is 15.1. The molecule has 0 aromatic heterocycles. The predicted octanol–water partition coefficient (Wildman–Crippen LogP) is 3.72. The molecule has 1 unspecified atom stereocenters. The Bertz CT molecular complexity index is 864. The maximum absolute atomic E-state index is 12.4. The Hall–Kier alpha value is -3.13. The predicted molar refractivity (Wildman–Crippen MR) is 117 cm³/mol. The highest BCUT2D eigenvalue weighted by atomic mass is 16.6. The highest BCUT2D eigenvalue weighted by Gasteiger charge is 2.23. The summed E-state index contributed by atoms with van der Waals surface area (Å²) in [5.74, 6) is 0.564. The molecule has 1 saturated heterocycles. The second-order valence-corrected chi connectivity index (χ2v) is 7.56. The van der Waals surface area contributed by atoms with E-state index in [4.69, 9.17) is 9.47 Å². The normalized spacial score (nSPS) is 15.5. The number of nitro groups is 1. The van der Waals surface area contributed by atoms with E-state index in [2.05, 4.69) is 10.2 Å². The molecule has 1 aliphatic rings. The van der Waals surface area contributed by atoms with E-state index in [0.29, 0.717) is 6.54 Å². The van der Waals surface area contributed by atoms with Crippen LogP contribution in [0.25, 0.3) is 0 Å². The third kappa shape index (κ3) is 6.42. The summed E-state index contributed by atoms with van der Waals surface area (Å²) < 4.78 is 10.7. The van der Waals surface area contributed by atoms with Crippen molar-refractivity contribution in [1.29, 1.82) is 0 Å². The molecular formula is C23H29N3O5. The molecule has 1 aliphatic heterocycles. The maximum Gasteiger partial charge on any atom is 0.310 e.